The van der Waals surface area contributed by atoms with Crippen LogP contribution in [0.25, 0.3) is 11.4 Å². The van der Waals surface area contributed by atoms with Gasteiger partial charge >= 0.3 is 0 Å². The molecule has 0 aliphatic carbocycles. The molecule has 0 aliphatic heterocycles. The van der Waals surface area contributed by atoms with E-state index in [0.29, 0.717) is 5.82 Å². The average Bonchev–Trinajstić information content (AvgIpc) is 2.41. The summed E-state index contributed by atoms with van der Waals surface area (Å²) < 4.78 is 25.9. The van der Waals surface area contributed by atoms with Crippen LogP contribution < -0.4 is 5.32 Å². The van der Waals surface area contributed by atoms with E-state index in [-0.39, 0.29) is 5.56 Å². The number of nitrogens with one attached hydrogen (secondary N) is 1. The average molecular weight is 375 g/mol. The molecule has 1 aromatic carbocycles. The van der Waals surface area contributed by atoms with Crippen molar-refractivity contribution >= 4 is 28.4 Å². The molecule has 2 rings (SSSR count). The van der Waals surface area contributed by atoms with Crippen LogP contribution in [0, 0.1) is 3.57 Å². The Morgan fingerprint density at radius 2 is 1.95 bits per heavy atom. The lowest BCUT2D eigenvalue weighted by Crippen LogP contribution is -2.03. The molecule has 1 heterocycles. The van der Waals surface area contributed by atoms with Gasteiger partial charge in [0, 0.05) is 23.9 Å². The summed E-state index contributed by atoms with van der Waals surface area (Å²) in [5.41, 5.74) is 0.723. The molecule has 0 bridgehead atoms. The Balaban J connectivity index is 2.33. The first-order valence-electron chi connectivity index (χ1n) is 5.76. The molecule has 0 unspecified atom stereocenters. The third kappa shape index (κ3) is 3.37. The number of hydrogen-bond acceptors (Lipinski definition) is 3. The van der Waals surface area contributed by atoms with E-state index < -0.39 is 6.43 Å². The molecule has 0 fully saturated rings. The lowest BCUT2D eigenvalue weighted by molar-refractivity contribution is 0.151. The molecule has 0 radical (unpaired) electrons. The minimum absolute atomic E-state index is 0.00108. The Labute approximate surface area is 123 Å². The van der Waals surface area contributed by atoms with Gasteiger partial charge in [-0.2, -0.15) is 0 Å². The Morgan fingerprint density at radius 3 is 2.53 bits per heavy atom. The number of anilines is 1. The van der Waals surface area contributed by atoms with Crippen LogP contribution >= 0.6 is 22.6 Å². The molecule has 3 nitrogen and oxygen atoms in total. The summed E-state index contributed by atoms with van der Waals surface area (Å²) in [6, 6.07) is 6.02. The van der Waals surface area contributed by atoms with Gasteiger partial charge < -0.3 is 5.32 Å². The van der Waals surface area contributed by atoms with Gasteiger partial charge in [-0.1, -0.05) is 24.3 Å². The molecule has 100 valence electrons. The van der Waals surface area contributed by atoms with Crippen LogP contribution in [0.5, 0.6) is 0 Å². The van der Waals surface area contributed by atoms with E-state index in [1.165, 1.54) is 12.1 Å². The number of benzene rings is 1. The van der Waals surface area contributed by atoms with Crippen molar-refractivity contribution in [1.29, 1.82) is 0 Å². The molecule has 0 spiro atoms. The summed E-state index contributed by atoms with van der Waals surface area (Å²) in [5, 5.41) is 3.14. The van der Waals surface area contributed by atoms with Gasteiger partial charge in [-0.05, 0) is 29.5 Å². The van der Waals surface area contributed by atoms with Gasteiger partial charge in [0.15, 0.2) is 5.82 Å². The van der Waals surface area contributed by atoms with Crippen molar-refractivity contribution in [2.75, 3.05) is 11.9 Å². The predicted molar refractivity (Wildman–Crippen MR) is 79.3 cm³/mol. The van der Waals surface area contributed by atoms with E-state index in [0.717, 1.165) is 21.5 Å². The van der Waals surface area contributed by atoms with Crippen LogP contribution in [-0.4, -0.2) is 16.5 Å². The largest absolute Gasteiger partial charge is 0.369 e. The highest BCUT2D eigenvalue weighted by atomic mass is 127. The van der Waals surface area contributed by atoms with Crippen molar-refractivity contribution in [3.63, 3.8) is 0 Å². The summed E-state index contributed by atoms with van der Waals surface area (Å²) in [4.78, 5) is 8.61. The summed E-state index contributed by atoms with van der Waals surface area (Å²) >= 11 is 2.15. The molecule has 0 amide bonds. The first-order chi connectivity index (χ1) is 9.11. The molecule has 0 saturated heterocycles. The zero-order valence-corrected chi connectivity index (χ0v) is 12.4. The predicted octanol–water partition coefficient (Wildman–Crippen LogP) is 4.12. The van der Waals surface area contributed by atoms with Crippen molar-refractivity contribution in [1.82, 2.24) is 9.97 Å². The molecule has 19 heavy (non-hydrogen) atoms. The number of aromatic nitrogens is 2. The highest BCUT2D eigenvalue weighted by molar-refractivity contribution is 14.1. The van der Waals surface area contributed by atoms with E-state index >= 15 is 0 Å². The third-order valence-electron chi connectivity index (χ3n) is 2.51. The van der Waals surface area contributed by atoms with Crippen molar-refractivity contribution in [3.05, 3.63) is 39.6 Å². The van der Waals surface area contributed by atoms with Gasteiger partial charge in [0.05, 0.1) is 3.57 Å². The van der Waals surface area contributed by atoms with E-state index in [4.69, 9.17) is 0 Å². The minimum Gasteiger partial charge on any atom is -0.369 e. The van der Waals surface area contributed by atoms with Crippen molar-refractivity contribution in [2.45, 2.75) is 13.3 Å². The van der Waals surface area contributed by atoms with Crippen LogP contribution in [-0.2, 0) is 0 Å². The topological polar surface area (TPSA) is 37.8 Å². The van der Waals surface area contributed by atoms with Gasteiger partial charge in [0.2, 0.25) is 0 Å². The highest BCUT2D eigenvalue weighted by Crippen LogP contribution is 2.24. The van der Waals surface area contributed by atoms with Crippen LogP contribution in [0.2, 0.25) is 0 Å². The number of halogens is 3. The van der Waals surface area contributed by atoms with Crippen LogP contribution in [0.1, 0.15) is 18.9 Å². The molecule has 0 atom stereocenters. The molecular weight excluding hydrogens is 363 g/mol. The van der Waals surface area contributed by atoms with Crippen molar-refractivity contribution < 1.29 is 8.78 Å². The van der Waals surface area contributed by atoms with E-state index in [2.05, 4.69) is 37.9 Å². The second-order valence-corrected chi connectivity index (χ2v) is 5.01. The summed E-state index contributed by atoms with van der Waals surface area (Å²) in [7, 11) is 0. The van der Waals surface area contributed by atoms with E-state index in [1.807, 2.05) is 6.92 Å². The molecule has 0 aliphatic rings. The molecule has 2 aromatic rings. The molecule has 6 heteroatoms. The maximum absolute atomic E-state index is 12.5. The van der Waals surface area contributed by atoms with Crippen LogP contribution in [0.3, 0.4) is 0 Å². The summed E-state index contributed by atoms with van der Waals surface area (Å²) in [6.45, 7) is 2.74. The fourth-order valence-corrected chi connectivity index (χ4v) is 2.03. The second-order valence-electron chi connectivity index (χ2n) is 3.84. The quantitative estimate of drug-likeness (QED) is 0.818. The maximum atomic E-state index is 12.5. The van der Waals surface area contributed by atoms with Gasteiger partial charge in [-0.15, -0.1) is 0 Å². The smallest absolute Gasteiger partial charge is 0.263 e. The number of rotatable bonds is 4. The lowest BCUT2D eigenvalue weighted by Gasteiger charge is -2.07. The maximum Gasteiger partial charge on any atom is 0.263 e. The first-order valence-corrected chi connectivity index (χ1v) is 6.84. The van der Waals surface area contributed by atoms with Crippen LogP contribution in [0.4, 0.5) is 14.6 Å². The SMILES string of the molecule is CCNc1nc(-c2ccc(C(F)F)cc2)ncc1I. The second kappa shape index (κ2) is 6.23. The highest BCUT2D eigenvalue weighted by Gasteiger charge is 2.09. The summed E-state index contributed by atoms with van der Waals surface area (Å²) in [5.74, 6) is 1.28. The van der Waals surface area contributed by atoms with Gasteiger partial charge in [0.1, 0.15) is 5.82 Å². The first kappa shape index (κ1) is 14.1. The normalized spacial score (nSPS) is 10.8. The number of hydrogen-bond donors (Lipinski definition) is 1. The van der Waals surface area contributed by atoms with E-state index in [1.54, 1.807) is 18.3 Å². The monoisotopic (exact) mass is 375 g/mol. The number of alkyl halides is 2. The van der Waals surface area contributed by atoms with E-state index in [9.17, 15) is 8.78 Å². The van der Waals surface area contributed by atoms with Gasteiger partial charge in [0.25, 0.3) is 6.43 Å². The fraction of sp³-hybridized carbons (Fsp3) is 0.231. The third-order valence-corrected chi connectivity index (χ3v) is 3.30. The van der Waals surface area contributed by atoms with Gasteiger partial charge in [-0.3, -0.25) is 0 Å². The van der Waals surface area contributed by atoms with Crippen molar-refractivity contribution in [3.8, 4) is 11.4 Å². The zero-order valence-electron chi connectivity index (χ0n) is 10.2. The zero-order chi connectivity index (χ0) is 13.8. The Kier molecular flexibility index (Phi) is 4.62. The minimum atomic E-state index is -2.45. The van der Waals surface area contributed by atoms with Gasteiger partial charge in [-0.25, -0.2) is 18.7 Å². The Morgan fingerprint density at radius 1 is 1.26 bits per heavy atom. The lowest BCUT2D eigenvalue weighted by atomic mass is 10.1. The molecule has 1 aromatic heterocycles. The molecular formula is C13H12F2IN3. The molecule has 1 N–H and O–H groups in total. The standard InChI is InChI=1S/C13H12F2IN3/c1-2-17-13-10(16)7-18-12(19-13)9-5-3-8(4-6-9)11(14)15/h3-7,11H,2H2,1H3,(H,17,18,19). The Hall–Kier alpha value is -1.31. The number of nitrogens with zero attached hydrogens (tertiary/aromatic N) is 2. The fourth-order valence-electron chi connectivity index (χ4n) is 1.58. The molecule has 0 saturated carbocycles. The van der Waals surface area contributed by atoms with Crippen molar-refractivity contribution in [2.24, 2.45) is 0 Å². The van der Waals surface area contributed by atoms with Crippen LogP contribution in [0.15, 0.2) is 30.5 Å². The summed E-state index contributed by atoms with van der Waals surface area (Å²) in [6.07, 6.45) is -0.744. The Bertz CT molecular complexity index is 558.